The van der Waals surface area contributed by atoms with Crippen molar-refractivity contribution in [3.05, 3.63) is 193 Å². The zero-order valence-electron chi connectivity index (χ0n) is 28.2. The Morgan fingerprint density at radius 2 is 1.18 bits per heavy atom. The van der Waals surface area contributed by atoms with E-state index in [1.807, 2.05) is 11.3 Å². The normalized spacial score (nSPS) is 11.7. The van der Waals surface area contributed by atoms with Crippen LogP contribution in [-0.2, 0) is 0 Å². The first-order valence-electron chi connectivity index (χ1n) is 17.5. The van der Waals surface area contributed by atoms with Gasteiger partial charge in [-0.25, -0.2) is 0 Å². The second-order valence-corrected chi connectivity index (χ2v) is 14.4. The first-order chi connectivity index (χ1) is 25.2. The van der Waals surface area contributed by atoms with E-state index < -0.39 is 0 Å². The van der Waals surface area contributed by atoms with Crippen LogP contribution in [-0.4, -0.2) is 4.57 Å². The summed E-state index contributed by atoms with van der Waals surface area (Å²) < 4.78 is 5.03. The van der Waals surface area contributed by atoms with Crippen LogP contribution in [0.15, 0.2) is 176 Å². The molecule has 0 atom stereocenters. The van der Waals surface area contributed by atoms with Crippen molar-refractivity contribution in [1.29, 1.82) is 0 Å². The van der Waals surface area contributed by atoms with Gasteiger partial charge < -0.3 is 4.57 Å². The smallest absolute Gasteiger partial charge is 0.0541 e. The van der Waals surface area contributed by atoms with Gasteiger partial charge in [-0.15, -0.1) is 11.3 Å². The van der Waals surface area contributed by atoms with Crippen molar-refractivity contribution < 1.29 is 0 Å². The average Bonchev–Trinajstić information content (AvgIpc) is 3.75. The molecule has 0 aliphatic rings. The predicted octanol–water partition coefficient (Wildman–Crippen LogP) is 14.0. The van der Waals surface area contributed by atoms with E-state index in [1.165, 1.54) is 91.8 Å². The standard InChI is InChI=1S/C49H33NS/c1-31(36-24-14-16-33-15-6-7-20-38(33)36)37-19-8-9-21-39(37)42-30-43(48-41-23-11-13-26-47(41)51-49(48)32(42)2)34-27-28-46-44(29-34)40-22-10-12-25-45(40)50(46)35-17-4-3-5-18-35/h3-30H,1H2,2H3. The lowest BCUT2D eigenvalue weighted by Crippen LogP contribution is -1.95. The summed E-state index contributed by atoms with van der Waals surface area (Å²) in [6.45, 7) is 7.03. The molecule has 0 saturated carbocycles. The van der Waals surface area contributed by atoms with E-state index in [-0.39, 0.29) is 0 Å². The lowest BCUT2D eigenvalue weighted by atomic mass is 9.86. The molecule has 0 saturated heterocycles. The summed E-state index contributed by atoms with van der Waals surface area (Å²) in [5, 5.41) is 7.60. The first kappa shape index (κ1) is 29.7. The van der Waals surface area contributed by atoms with Crippen molar-refractivity contribution in [2.45, 2.75) is 6.92 Å². The molecule has 8 aromatic carbocycles. The van der Waals surface area contributed by atoms with Crippen molar-refractivity contribution in [2.75, 3.05) is 0 Å². The van der Waals surface area contributed by atoms with Crippen LogP contribution in [0.1, 0.15) is 16.7 Å². The lowest BCUT2D eigenvalue weighted by molar-refractivity contribution is 1.18. The number of thiophene rings is 1. The summed E-state index contributed by atoms with van der Waals surface area (Å²) in [7, 11) is 0. The Kier molecular flexibility index (Phi) is 6.80. The van der Waals surface area contributed by atoms with Crippen LogP contribution >= 0.6 is 11.3 Å². The monoisotopic (exact) mass is 667 g/mol. The molecule has 2 aromatic heterocycles. The summed E-state index contributed by atoms with van der Waals surface area (Å²) in [4.78, 5) is 0. The molecule has 0 unspecified atom stereocenters. The van der Waals surface area contributed by atoms with Gasteiger partial charge in [-0.3, -0.25) is 0 Å². The first-order valence-corrected chi connectivity index (χ1v) is 18.3. The zero-order valence-corrected chi connectivity index (χ0v) is 29.0. The molecule has 10 rings (SSSR count). The quantitative estimate of drug-likeness (QED) is 0.172. The number of aromatic nitrogens is 1. The summed E-state index contributed by atoms with van der Waals surface area (Å²) in [6, 6.07) is 61.8. The Morgan fingerprint density at radius 1 is 0.510 bits per heavy atom. The van der Waals surface area contributed by atoms with E-state index in [4.69, 9.17) is 6.58 Å². The fraction of sp³-hybridized carbons (Fsp3) is 0.0204. The van der Waals surface area contributed by atoms with Gasteiger partial charge in [-0.05, 0) is 105 Å². The van der Waals surface area contributed by atoms with E-state index >= 15 is 0 Å². The number of hydrogen-bond donors (Lipinski definition) is 0. The summed E-state index contributed by atoms with van der Waals surface area (Å²) in [5.41, 5.74) is 13.2. The van der Waals surface area contributed by atoms with Gasteiger partial charge in [0.15, 0.2) is 0 Å². The second kappa shape index (κ2) is 11.7. The molecule has 240 valence electrons. The van der Waals surface area contributed by atoms with Crippen molar-refractivity contribution in [3.63, 3.8) is 0 Å². The number of fused-ring (bicyclic) bond motifs is 7. The van der Waals surface area contributed by atoms with Crippen LogP contribution < -0.4 is 0 Å². The highest BCUT2D eigenvalue weighted by atomic mass is 32.1. The maximum absolute atomic E-state index is 4.73. The third kappa shape index (κ3) is 4.61. The Bertz CT molecular complexity index is 2990. The van der Waals surface area contributed by atoms with Gasteiger partial charge in [-0.1, -0.05) is 134 Å². The van der Waals surface area contributed by atoms with Gasteiger partial charge >= 0.3 is 0 Å². The van der Waals surface area contributed by atoms with Crippen LogP contribution in [0.5, 0.6) is 0 Å². The fourth-order valence-corrected chi connectivity index (χ4v) is 9.37. The van der Waals surface area contributed by atoms with Gasteiger partial charge in [-0.2, -0.15) is 0 Å². The number of aryl methyl sites for hydroxylation is 1. The Balaban J connectivity index is 1.24. The minimum Gasteiger partial charge on any atom is -0.309 e. The molecule has 10 aromatic rings. The highest BCUT2D eigenvalue weighted by Crippen LogP contribution is 2.47. The highest BCUT2D eigenvalue weighted by molar-refractivity contribution is 7.26. The van der Waals surface area contributed by atoms with E-state index in [0.29, 0.717) is 0 Å². The number of benzene rings is 8. The molecular weight excluding hydrogens is 635 g/mol. The van der Waals surface area contributed by atoms with E-state index in [1.54, 1.807) is 0 Å². The molecule has 2 heteroatoms. The third-order valence-electron chi connectivity index (χ3n) is 10.6. The van der Waals surface area contributed by atoms with Crippen LogP contribution in [0.25, 0.3) is 86.3 Å². The zero-order chi connectivity index (χ0) is 34.1. The maximum Gasteiger partial charge on any atom is 0.0541 e. The van der Waals surface area contributed by atoms with Crippen molar-refractivity contribution in [3.8, 4) is 27.9 Å². The number of para-hydroxylation sites is 2. The van der Waals surface area contributed by atoms with Crippen molar-refractivity contribution >= 4 is 69.7 Å². The van der Waals surface area contributed by atoms with Crippen LogP contribution in [0.2, 0.25) is 0 Å². The molecule has 0 amide bonds. The van der Waals surface area contributed by atoms with Gasteiger partial charge in [0.1, 0.15) is 0 Å². The lowest BCUT2D eigenvalue weighted by Gasteiger charge is -2.18. The minimum absolute atomic E-state index is 1.04. The second-order valence-electron chi connectivity index (χ2n) is 13.4. The highest BCUT2D eigenvalue weighted by Gasteiger charge is 2.21. The van der Waals surface area contributed by atoms with E-state index in [9.17, 15) is 0 Å². The molecule has 0 aliphatic carbocycles. The van der Waals surface area contributed by atoms with Crippen LogP contribution in [0.3, 0.4) is 0 Å². The Labute approximate surface area is 301 Å². The molecule has 2 heterocycles. The molecule has 0 N–H and O–H groups in total. The molecule has 1 nitrogen and oxygen atoms in total. The number of rotatable bonds is 5. The van der Waals surface area contributed by atoms with Crippen LogP contribution in [0.4, 0.5) is 0 Å². The molecule has 0 aliphatic heterocycles. The van der Waals surface area contributed by atoms with E-state index in [2.05, 4.69) is 181 Å². The van der Waals surface area contributed by atoms with Crippen molar-refractivity contribution in [2.24, 2.45) is 0 Å². The summed E-state index contributed by atoms with van der Waals surface area (Å²) >= 11 is 1.90. The number of hydrogen-bond acceptors (Lipinski definition) is 1. The molecular formula is C49H33NS. The van der Waals surface area contributed by atoms with Gasteiger partial charge in [0.05, 0.1) is 11.0 Å². The molecule has 0 bridgehead atoms. The topological polar surface area (TPSA) is 4.93 Å². The Morgan fingerprint density at radius 3 is 2.06 bits per heavy atom. The molecule has 0 fully saturated rings. The molecule has 51 heavy (non-hydrogen) atoms. The summed E-state index contributed by atoms with van der Waals surface area (Å²) in [5.74, 6) is 0. The van der Waals surface area contributed by atoms with E-state index in [0.717, 1.165) is 11.1 Å². The van der Waals surface area contributed by atoms with Gasteiger partial charge in [0, 0.05) is 36.6 Å². The van der Waals surface area contributed by atoms with Gasteiger partial charge in [0.2, 0.25) is 0 Å². The van der Waals surface area contributed by atoms with Gasteiger partial charge in [0.25, 0.3) is 0 Å². The SMILES string of the molecule is C=C(c1ccccc1-c1cc(-c2ccc3c(c2)c2ccccc2n3-c2ccccc2)c2c(sc3ccccc32)c1C)c1cccc2ccccc12. The minimum atomic E-state index is 1.04. The van der Waals surface area contributed by atoms with Crippen molar-refractivity contribution in [1.82, 2.24) is 4.57 Å². The predicted molar refractivity (Wildman–Crippen MR) is 221 cm³/mol. The average molecular weight is 668 g/mol. The largest absolute Gasteiger partial charge is 0.309 e. The fourth-order valence-electron chi connectivity index (χ4n) is 8.14. The molecule has 0 spiro atoms. The maximum atomic E-state index is 4.73. The summed E-state index contributed by atoms with van der Waals surface area (Å²) in [6.07, 6.45) is 0. The third-order valence-corrected chi connectivity index (χ3v) is 11.8. The number of nitrogens with zero attached hydrogens (tertiary/aromatic N) is 1. The molecule has 0 radical (unpaired) electrons. The van der Waals surface area contributed by atoms with Crippen LogP contribution in [0, 0.1) is 6.92 Å². The Hall–Kier alpha value is -6.22.